The average molecular weight is 614 g/mol. The van der Waals surface area contributed by atoms with E-state index >= 15 is 0 Å². The second kappa shape index (κ2) is 12.3. The van der Waals surface area contributed by atoms with Crippen molar-refractivity contribution in [2.24, 2.45) is 7.05 Å². The van der Waals surface area contributed by atoms with Crippen LogP contribution in [0.1, 0.15) is 29.4 Å². The predicted molar refractivity (Wildman–Crippen MR) is 154 cm³/mol. The van der Waals surface area contributed by atoms with Gasteiger partial charge in [0.1, 0.15) is 23.5 Å². The third-order valence-electron chi connectivity index (χ3n) is 7.24. The van der Waals surface area contributed by atoms with Gasteiger partial charge in [0, 0.05) is 32.7 Å². The highest BCUT2D eigenvalue weighted by atomic mass is 19.4. The number of alkyl halides is 3. The first kappa shape index (κ1) is 30.4. The molecule has 0 amide bonds. The van der Waals surface area contributed by atoms with E-state index in [1.807, 2.05) is 0 Å². The molecule has 0 N–H and O–H groups in total. The van der Waals surface area contributed by atoms with E-state index in [4.69, 9.17) is 14.0 Å². The Hall–Kier alpha value is -5.08. The number of anilines is 1. The van der Waals surface area contributed by atoms with Crippen LogP contribution in [-0.4, -0.2) is 49.6 Å². The van der Waals surface area contributed by atoms with E-state index in [2.05, 4.69) is 15.1 Å². The molecule has 0 bridgehead atoms. The maximum absolute atomic E-state index is 13.8. The van der Waals surface area contributed by atoms with Crippen molar-refractivity contribution in [1.82, 2.24) is 28.8 Å². The number of imidazole rings is 1. The second-order valence-corrected chi connectivity index (χ2v) is 10.0. The minimum absolute atomic E-state index is 0.109. The molecular weight excluding hydrogens is 583 g/mol. The molecule has 1 aromatic carbocycles. The summed E-state index contributed by atoms with van der Waals surface area (Å²) in [6.07, 6.45) is -1.51. The summed E-state index contributed by atoms with van der Waals surface area (Å²) >= 11 is 0. The Labute approximate surface area is 248 Å². The van der Waals surface area contributed by atoms with Crippen molar-refractivity contribution >= 4 is 17.0 Å². The van der Waals surface area contributed by atoms with Crippen molar-refractivity contribution < 1.29 is 27.2 Å². The van der Waals surface area contributed by atoms with Crippen LogP contribution < -0.4 is 25.6 Å². The van der Waals surface area contributed by atoms with Gasteiger partial charge in [0.2, 0.25) is 0 Å². The lowest BCUT2D eigenvalue weighted by molar-refractivity contribution is -0.141. The smallest absolute Gasteiger partial charge is 0.433 e. The van der Waals surface area contributed by atoms with Gasteiger partial charge in [-0.3, -0.25) is 13.9 Å². The van der Waals surface area contributed by atoms with Gasteiger partial charge in [0.15, 0.2) is 22.7 Å². The fourth-order valence-electron chi connectivity index (χ4n) is 4.90. The van der Waals surface area contributed by atoms with Gasteiger partial charge in [-0.25, -0.2) is 14.8 Å². The number of benzene rings is 1. The molecule has 0 aliphatic carbocycles. The highest BCUT2D eigenvalue weighted by Gasteiger charge is 2.33. The van der Waals surface area contributed by atoms with Crippen LogP contribution in [-0.2, 0) is 39.3 Å². The normalized spacial score (nSPS) is 11.7. The van der Waals surface area contributed by atoms with Crippen LogP contribution in [0.25, 0.3) is 11.2 Å². The topological polar surface area (TPSA) is 122 Å². The van der Waals surface area contributed by atoms with E-state index in [-0.39, 0.29) is 43.2 Å². The molecule has 15 heteroatoms. The molecule has 232 valence electrons. The van der Waals surface area contributed by atoms with Crippen LogP contribution in [0.5, 0.6) is 11.5 Å². The molecule has 0 saturated heterocycles. The Morgan fingerprint density at radius 2 is 1.80 bits per heavy atom. The largest absolute Gasteiger partial charge is 0.493 e. The Morgan fingerprint density at radius 3 is 2.45 bits per heavy atom. The summed E-state index contributed by atoms with van der Waals surface area (Å²) in [5, 5.41) is 3.79. The number of aromatic nitrogens is 6. The molecular formula is C29H30F3N7O5. The number of methoxy groups -OCH3 is 2. The molecule has 0 radical (unpaired) electrons. The van der Waals surface area contributed by atoms with Crippen LogP contribution in [0.3, 0.4) is 0 Å². The lowest BCUT2D eigenvalue weighted by Gasteiger charge is -2.26. The van der Waals surface area contributed by atoms with Crippen LogP contribution in [0, 0.1) is 0 Å². The zero-order valence-corrected chi connectivity index (χ0v) is 24.5. The fourth-order valence-corrected chi connectivity index (χ4v) is 4.90. The summed E-state index contributed by atoms with van der Waals surface area (Å²) in [4.78, 5) is 36.5. The van der Waals surface area contributed by atoms with Crippen LogP contribution in [0.4, 0.5) is 19.0 Å². The summed E-state index contributed by atoms with van der Waals surface area (Å²) < 4.78 is 60.9. The van der Waals surface area contributed by atoms with E-state index in [0.29, 0.717) is 29.2 Å². The van der Waals surface area contributed by atoms with Crippen LogP contribution in [0.2, 0.25) is 0 Å². The van der Waals surface area contributed by atoms with Crippen molar-refractivity contribution in [2.45, 2.75) is 39.2 Å². The minimum atomic E-state index is -4.64. The third kappa shape index (κ3) is 6.02. The molecule has 0 fully saturated rings. The van der Waals surface area contributed by atoms with E-state index < -0.39 is 23.1 Å². The summed E-state index contributed by atoms with van der Waals surface area (Å²) in [7, 11) is 4.50. The van der Waals surface area contributed by atoms with Crippen molar-refractivity contribution in [3.8, 4) is 11.5 Å². The van der Waals surface area contributed by atoms with Crippen molar-refractivity contribution in [3.63, 3.8) is 0 Å². The van der Waals surface area contributed by atoms with E-state index in [1.54, 1.807) is 46.7 Å². The molecule has 0 aliphatic rings. The third-order valence-corrected chi connectivity index (χ3v) is 7.24. The number of ether oxygens (including phenoxy) is 2. The van der Waals surface area contributed by atoms with Gasteiger partial charge in [0.05, 0.1) is 27.1 Å². The van der Waals surface area contributed by atoms with Crippen LogP contribution >= 0.6 is 0 Å². The molecule has 0 saturated carbocycles. The predicted octanol–water partition coefficient (Wildman–Crippen LogP) is 3.63. The van der Waals surface area contributed by atoms with Gasteiger partial charge in [-0.05, 0) is 41.8 Å². The summed E-state index contributed by atoms with van der Waals surface area (Å²) in [6, 6.07) is 9.45. The molecule has 44 heavy (non-hydrogen) atoms. The summed E-state index contributed by atoms with van der Waals surface area (Å²) in [6.45, 7) is 2.11. The molecule has 0 atom stereocenters. The van der Waals surface area contributed by atoms with Crippen molar-refractivity contribution in [2.75, 3.05) is 25.7 Å². The van der Waals surface area contributed by atoms with Crippen LogP contribution in [0.15, 0.2) is 63.1 Å². The molecule has 12 nitrogen and oxygen atoms in total. The summed E-state index contributed by atoms with van der Waals surface area (Å²) in [5.74, 6) is 1.09. The number of nitrogens with zero attached hydrogens (tertiary/aromatic N) is 7. The quantitative estimate of drug-likeness (QED) is 0.220. The zero-order valence-electron chi connectivity index (χ0n) is 24.5. The first-order chi connectivity index (χ1) is 21.0. The maximum atomic E-state index is 13.8. The fraction of sp³-hybridized carbons (Fsp3) is 0.345. The number of hydrogen-bond donors (Lipinski definition) is 0. The Balaban J connectivity index is 1.55. The Morgan fingerprint density at radius 1 is 1.02 bits per heavy atom. The Kier molecular flexibility index (Phi) is 8.47. The van der Waals surface area contributed by atoms with Gasteiger partial charge < -0.3 is 23.5 Å². The number of rotatable bonds is 11. The van der Waals surface area contributed by atoms with Gasteiger partial charge in [0.25, 0.3) is 5.56 Å². The number of fused-ring (bicyclic) bond motifs is 1. The van der Waals surface area contributed by atoms with Gasteiger partial charge in [-0.15, -0.1) is 0 Å². The van der Waals surface area contributed by atoms with E-state index in [1.165, 1.54) is 38.4 Å². The summed E-state index contributed by atoms with van der Waals surface area (Å²) in [5.41, 5.74) is -0.236. The molecule has 4 aromatic heterocycles. The Bertz CT molecular complexity index is 1890. The number of pyridine rings is 1. The highest BCUT2D eigenvalue weighted by Crippen LogP contribution is 2.32. The number of hydrogen-bond acceptors (Lipinski definition) is 9. The number of halogens is 3. The SMILES string of the molecule is CCc1cc(N(CCn2cnc3c2c(=O)n(Cc2ccon2)c(=O)n3C)Cc2ccc(OC)c(OC)c2)nc(C(F)(F)F)c1. The lowest BCUT2D eigenvalue weighted by atomic mass is 10.1. The lowest BCUT2D eigenvalue weighted by Crippen LogP contribution is -2.40. The first-order valence-corrected chi connectivity index (χ1v) is 13.6. The van der Waals surface area contributed by atoms with Crippen molar-refractivity contribution in [1.29, 1.82) is 0 Å². The van der Waals surface area contributed by atoms with Crippen molar-refractivity contribution in [3.05, 3.63) is 92.3 Å². The molecule has 5 aromatic rings. The first-order valence-electron chi connectivity index (χ1n) is 13.6. The minimum Gasteiger partial charge on any atom is -0.493 e. The standard InChI is InChI=1S/C29H30F3N7O5/c1-5-18-13-23(29(30,31)32)34-24(14-18)37(15-19-6-7-21(42-3)22(12-19)43-4)9-10-38-17-33-26-25(38)27(40)39(28(41)36(26)2)16-20-8-11-44-35-20/h6-8,11-14,17H,5,9-10,15-16H2,1-4H3. The number of aryl methyl sites for hydroxylation is 2. The highest BCUT2D eigenvalue weighted by molar-refractivity contribution is 5.70. The second-order valence-electron chi connectivity index (χ2n) is 10.0. The molecule has 0 spiro atoms. The molecule has 0 aliphatic heterocycles. The van der Waals surface area contributed by atoms with E-state index in [9.17, 15) is 22.8 Å². The maximum Gasteiger partial charge on any atom is 0.433 e. The van der Waals surface area contributed by atoms with Gasteiger partial charge in [-0.1, -0.05) is 18.1 Å². The van der Waals surface area contributed by atoms with E-state index in [0.717, 1.165) is 16.2 Å². The zero-order chi connectivity index (χ0) is 31.6. The molecule has 0 unspecified atom stereocenters. The monoisotopic (exact) mass is 613 g/mol. The average Bonchev–Trinajstić information content (AvgIpc) is 3.69. The van der Waals surface area contributed by atoms with Gasteiger partial charge >= 0.3 is 11.9 Å². The van der Waals surface area contributed by atoms with Gasteiger partial charge in [-0.2, -0.15) is 13.2 Å². The molecule has 5 rings (SSSR count). The molecule has 4 heterocycles.